The minimum Gasteiger partial charge on any atom is -0.461 e. The zero-order chi connectivity index (χ0) is 19.4. The summed E-state index contributed by atoms with van der Waals surface area (Å²) in [6.07, 6.45) is 0.995. The first-order valence-corrected chi connectivity index (χ1v) is 10.3. The van der Waals surface area contributed by atoms with Crippen LogP contribution in [0.25, 0.3) is 0 Å². The van der Waals surface area contributed by atoms with Gasteiger partial charge in [0.25, 0.3) is 0 Å². The number of aliphatic hydroxyl groups is 1. The molecule has 5 bridgehead atoms. The molecule has 0 amide bonds. The maximum Gasteiger partial charge on any atom is 0.302 e. The number of aliphatic imine (C=N–C) groups is 1. The molecule has 6 heteroatoms. The lowest BCUT2D eigenvalue weighted by Crippen LogP contribution is -2.71. The van der Waals surface area contributed by atoms with Crippen LogP contribution in [0.3, 0.4) is 0 Å². The van der Waals surface area contributed by atoms with Gasteiger partial charge in [0.05, 0.1) is 29.0 Å². The number of benzene rings is 1. The number of fused-ring (bicyclic) bond motifs is 2. The molecule has 1 aliphatic carbocycles. The van der Waals surface area contributed by atoms with Crippen LogP contribution in [-0.2, 0) is 19.7 Å². The summed E-state index contributed by atoms with van der Waals surface area (Å²) in [5.74, 6) is 0.242. The van der Waals surface area contributed by atoms with Crippen molar-refractivity contribution in [2.24, 2.45) is 22.7 Å². The summed E-state index contributed by atoms with van der Waals surface area (Å²) >= 11 is 0. The third-order valence-corrected chi connectivity index (χ3v) is 8.29. The molecule has 7 rings (SSSR count). The van der Waals surface area contributed by atoms with Crippen molar-refractivity contribution >= 4 is 17.4 Å². The first-order chi connectivity index (χ1) is 13.5. The SMILES string of the molecule is COC(C)[C@H]1[C@@H]2C[C@H]3C4=Nc5ccccc5[C@]45C[C@@H]([C@H]2[C@H]5OC(C)=O)N3[C@@H]1O. The van der Waals surface area contributed by atoms with Crippen molar-refractivity contribution in [1.82, 2.24) is 4.90 Å². The van der Waals surface area contributed by atoms with E-state index in [4.69, 9.17) is 14.5 Å². The zero-order valence-corrected chi connectivity index (χ0v) is 16.4. The molecule has 1 N–H and O–H groups in total. The Morgan fingerprint density at radius 1 is 1.39 bits per heavy atom. The van der Waals surface area contributed by atoms with E-state index in [1.807, 2.05) is 13.0 Å². The molecule has 5 heterocycles. The van der Waals surface area contributed by atoms with Crippen molar-refractivity contribution in [1.29, 1.82) is 0 Å². The monoisotopic (exact) mass is 382 g/mol. The number of carbonyl (C=O) groups excluding carboxylic acids is 1. The van der Waals surface area contributed by atoms with Crippen LogP contribution in [0, 0.1) is 17.8 Å². The van der Waals surface area contributed by atoms with E-state index >= 15 is 0 Å². The van der Waals surface area contributed by atoms with Gasteiger partial charge in [-0.1, -0.05) is 18.2 Å². The average Bonchev–Trinajstić information content (AvgIpc) is 3.14. The van der Waals surface area contributed by atoms with Gasteiger partial charge in [0.1, 0.15) is 12.3 Å². The van der Waals surface area contributed by atoms with E-state index in [1.165, 1.54) is 12.5 Å². The predicted octanol–water partition coefficient (Wildman–Crippen LogP) is 2.02. The van der Waals surface area contributed by atoms with Crippen LogP contribution >= 0.6 is 0 Å². The fraction of sp³-hybridized carbons (Fsp3) is 0.636. The van der Waals surface area contributed by atoms with Gasteiger partial charge >= 0.3 is 5.97 Å². The summed E-state index contributed by atoms with van der Waals surface area (Å²) in [6.45, 7) is 3.54. The summed E-state index contributed by atoms with van der Waals surface area (Å²) in [5, 5.41) is 11.3. The largest absolute Gasteiger partial charge is 0.461 e. The molecule has 5 fully saturated rings. The van der Waals surface area contributed by atoms with Gasteiger partial charge in [-0.25, -0.2) is 0 Å². The molecule has 6 aliphatic rings. The number of rotatable bonds is 3. The number of nitrogens with zero attached hydrogens (tertiary/aromatic N) is 2. The highest BCUT2D eigenvalue weighted by molar-refractivity contribution is 6.07. The van der Waals surface area contributed by atoms with E-state index < -0.39 is 6.23 Å². The number of esters is 1. The molecule has 0 aromatic heterocycles. The molecule has 1 aromatic rings. The smallest absolute Gasteiger partial charge is 0.302 e. The molecular weight excluding hydrogens is 356 g/mol. The highest BCUT2D eigenvalue weighted by Gasteiger charge is 2.76. The molecule has 4 saturated heterocycles. The topological polar surface area (TPSA) is 71.4 Å². The molecular formula is C22H26N2O4. The molecule has 148 valence electrons. The first kappa shape index (κ1) is 17.1. The number of ether oxygens (including phenoxy) is 2. The van der Waals surface area contributed by atoms with Gasteiger partial charge in [0.15, 0.2) is 0 Å². The minimum absolute atomic E-state index is 0.0189. The normalized spacial score (nSPS) is 47.5. The summed E-state index contributed by atoms with van der Waals surface area (Å²) in [4.78, 5) is 19.5. The lowest BCUT2D eigenvalue weighted by Gasteiger charge is -2.60. The fourth-order valence-corrected chi connectivity index (χ4v) is 7.47. The van der Waals surface area contributed by atoms with E-state index in [0.717, 1.165) is 24.2 Å². The van der Waals surface area contributed by atoms with E-state index in [0.29, 0.717) is 0 Å². The van der Waals surface area contributed by atoms with Crippen LogP contribution in [-0.4, -0.2) is 59.3 Å². The Kier molecular flexibility index (Phi) is 3.32. The number of para-hydroxylation sites is 1. The van der Waals surface area contributed by atoms with Crippen LogP contribution in [0.4, 0.5) is 5.69 Å². The Labute approximate surface area is 164 Å². The minimum atomic E-state index is -0.541. The van der Waals surface area contributed by atoms with Crippen LogP contribution in [0.2, 0.25) is 0 Å². The molecule has 6 nitrogen and oxygen atoms in total. The van der Waals surface area contributed by atoms with Gasteiger partial charge in [-0.05, 0) is 37.3 Å². The van der Waals surface area contributed by atoms with Crippen LogP contribution in [0.15, 0.2) is 29.3 Å². The second-order valence-corrected chi connectivity index (χ2v) is 9.16. The second kappa shape index (κ2) is 5.43. The van der Waals surface area contributed by atoms with Gasteiger partial charge in [-0.2, -0.15) is 0 Å². The van der Waals surface area contributed by atoms with Gasteiger partial charge in [0, 0.05) is 31.9 Å². The van der Waals surface area contributed by atoms with Crippen molar-refractivity contribution in [3.8, 4) is 0 Å². The Hall–Kier alpha value is -1.76. The molecule has 1 spiro atoms. The molecule has 1 aromatic carbocycles. The number of hydrogen-bond donors (Lipinski definition) is 1. The van der Waals surface area contributed by atoms with Gasteiger partial charge in [-0.3, -0.25) is 14.7 Å². The Balaban J connectivity index is 1.56. The fourth-order valence-electron chi connectivity index (χ4n) is 7.47. The van der Waals surface area contributed by atoms with Gasteiger partial charge in [0.2, 0.25) is 0 Å². The average molecular weight is 382 g/mol. The van der Waals surface area contributed by atoms with E-state index in [2.05, 4.69) is 23.1 Å². The highest BCUT2D eigenvalue weighted by Crippen LogP contribution is 2.67. The second-order valence-electron chi connectivity index (χ2n) is 9.16. The number of piperidine rings is 4. The molecule has 5 aliphatic heterocycles. The number of aliphatic hydroxyl groups excluding tert-OH is 1. The third-order valence-electron chi connectivity index (χ3n) is 8.29. The summed E-state index contributed by atoms with van der Waals surface area (Å²) < 4.78 is 11.7. The van der Waals surface area contributed by atoms with Crippen LogP contribution in [0.5, 0.6) is 0 Å². The molecule has 2 unspecified atom stereocenters. The van der Waals surface area contributed by atoms with Crippen molar-refractivity contribution in [2.75, 3.05) is 7.11 Å². The predicted molar refractivity (Wildman–Crippen MR) is 102 cm³/mol. The third kappa shape index (κ3) is 1.76. The van der Waals surface area contributed by atoms with E-state index in [9.17, 15) is 9.90 Å². The molecule has 10 atom stereocenters. The van der Waals surface area contributed by atoms with E-state index in [1.54, 1.807) is 7.11 Å². The maximum absolute atomic E-state index is 12.2. The summed E-state index contributed by atoms with van der Waals surface area (Å²) in [6, 6.07) is 8.61. The lowest BCUT2D eigenvalue weighted by atomic mass is 9.63. The standard InChI is InChI=1S/C22H26N2O4/c1-10(27-3)17-12-8-15-19-22(13-6-4-5-7-14(13)23-19)9-16(24(15)21(17)26)18(12)20(22)28-11(2)25/h4-7,10,12,15-18,20-21,26H,8-9H2,1-3H3/t10?,12-,15-,16-,17-,18-,20+,21+,22+/m0/s1. The Morgan fingerprint density at radius 2 is 2.18 bits per heavy atom. The summed E-state index contributed by atoms with van der Waals surface area (Å²) in [7, 11) is 1.71. The number of carbonyl (C=O) groups is 1. The van der Waals surface area contributed by atoms with E-state index in [-0.39, 0.29) is 53.4 Å². The Morgan fingerprint density at radius 3 is 2.93 bits per heavy atom. The van der Waals surface area contributed by atoms with Crippen molar-refractivity contribution in [3.05, 3.63) is 29.8 Å². The van der Waals surface area contributed by atoms with Crippen molar-refractivity contribution < 1.29 is 19.4 Å². The highest BCUT2D eigenvalue weighted by atomic mass is 16.5. The van der Waals surface area contributed by atoms with Crippen molar-refractivity contribution in [2.45, 2.75) is 62.6 Å². The quantitative estimate of drug-likeness (QED) is 0.810. The molecule has 1 saturated carbocycles. The summed E-state index contributed by atoms with van der Waals surface area (Å²) in [5.41, 5.74) is 2.96. The molecule has 0 radical (unpaired) electrons. The number of methoxy groups -OCH3 is 1. The molecule has 28 heavy (non-hydrogen) atoms. The van der Waals surface area contributed by atoms with Crippen molar-refractivity contribution in [3.63, 3.8) is 0 Å². The van der Waals surface area contributed by atoms with Crippen LogP contribution < -0.4 is 0 Å². The maximum atomic E-state index is 12.2. The van der Waals surface area contributed by atoms with Gasteiger partial charge in [-0.15, -0.1) is 0 Å². The zero-order valence-electron chi connectivity index (χ0n) is 16.4. The first-order valence-electron chi connectivity index (χ1n) is 10.3. The van der Waals surface area contributed by atoms with Gasteiger partial charge < -0.3 is 14.6 Å². The number of hydrogen-bond acceptors (Lipinski definition) is 6. The van der Waals surface area contributed by atoms with Crippen LogP contribution in [0.1, 0.15) is 32.3 Å². The Bertz CT molecular complexity index is 900. The lowest BCUT2D eigenvalue weighted by molar-refractivity contribution is -0.221.